The lowest BCUT2D eigenvalue weighted by atomic mass is 10.0. The molecule has 0 fully saturated rings. The normalized spacial score (nSPS) is 7.27. The van der Waals surface area contributed by atoms with Crippen molar-refractivity contribution in [3.8, 4) is 0 Å². The van der Waals surface area contributed by atoms with Gasteiger partial charge in [0.2, 0.25) is 0 Å². The second-order valence-corrected chi connectivity index (χ2v) is 24.9. The van der Waals surface area contributed by atoms with Crippen LogP contribution in [0.3, 0.4) is 0 Å². The van der Waals surface area contributed by atoms with E-state index in [0.29, 0.717) is 13.3 Å². The van der Waals surface area contributed by atoms with E-state index in [1.165, 1.54) is 22.3 Å². The summed E-state index contributed by atoms with van der Waals surface area (Å²) in [7, 11) is 13.2. The standard InChI is InChI=1S/C9H12.2C6H6.2C5H5N.C5H12.C4H12N.C4H8.C3H9N.C3H9OP.C3H9P.14C2H6/c1-7-4-8(2)6-9(3)5-7;4*1-2-4-6-5-3-1;2*1-5(2,3)4;2*1-4(2)3;1-5(2,3)4;1-4(2)3;14*1-2/h4-6H,1-3H3;2*1-6H;2*1-5H;2*1-4H3;1H2,2-3H3;1-3H3;1-3H3;1-3H3;14*1-2H3/q;;;;;;+1;;;;;;;;;;;;;;;;;;. The van der Waals surface area contributed by atoms with E-state index in [2.05, 4.69) is 131 Å². The zero-order chi connectivity index (χ0) is 76.1. The molecule has 0 aliphatic heterocycles. The van der Waals surface area contributed by atoms with Gasteiger partial charge < -0.3 is 13.9 Å². The highest BCUT2D eigenvalue weighted by atomic mass is 31.2. The van der Waals surface area contributed by atoms with Crippen molar-refractivity contribution in [3.63, 3.8) is 0 Å². The second kappa shape index (κ2) is 160. The molecule has 0 amide bonds. The molecule has 0 radical (unpaired) electrons. The van der Waals surface area contributed by atoms with Gasteiger partial charge in [0.15, 0.2) is 0 Å². The molecule has 0 spiro atoms. The van der Waals surface area contributed by atoms with Gasteiger partial charge in [0.05, 0.1) is 35.3 Å². The summed E-state index contributed by atoms with van der Waals surface area (Å²) in [5.41, 5.74) is 5.73. The smallest absolute Gasteiger partial charge is 0.0790 e. The number of hydrogen-bond donors (Lipinski definition) is 0. The van der Waals surface area contributed by atoms with Crippen molar-refractivity contribution < 1.29 is 9.05 Å². The number of quaternary nitrogens is 1. The summed E-state index contributed by atoms with van der Waals surface area (Å²) in [6, 6.07) is 42.0. The Bertz CT molecular complexity index is 1240. The van der Waals surface area contributed by atoms with Crippen LogP contribution < -0.4 is 0 Å². The molecular formula is C81H177N4OP2+. The van der Waals surface area contributed by atoms with Crippen LogP contribution in [0.5, 0.6) is 0 Å². The molecule has 0 N–H and O–H groups in total. The van der Waals surface area contributed by atoms with Crippen molar-refractivity contribution in [2.75, 3.05) is 89.3 Å². The molecule has 0 atom stereocenters. The zero-order valence-electron chi connectivity index (χ0n) is 70.7. The first-order valence-electron chi connectivity index (χ1n) is 34.3. The molecule has 88 heavy (non-hydrogen) atoms. The molecular weight excluding hydrogens is 1110 g/mol. The van der Waals surface area contributed by atoms with Crippen molar-refractivity contribution >= 4 is 15.1 Å². The van der Waals surface area contributed by atoms with Crippen molar-refractivity contribution in [1.82, 2.24) is 14.9 Å². The van der Waals surface area contributed by atoms with Crippen LogP contribution in [0, 0.1) is 26.2 Å². The molecule has 0 bridgehead atoms. The van der Waals surface area contributed by atoms with E-state index in [1.54, 1.807) is 44.8 Å². The number of pyridine rings is 2. The maximum Gasteiger partial charge on any atom is 0.0790 e. The second-order valence-electron chi connectivity index (χ2n) is 18.5. The van der Waals surface area contributed by atoms with Gasteiger partial charge >= 0.3 is 0 Å². The Morgan fingerprint density at radius 3 is 0.489 bits per heavy atom. The average Bonchev–Trinajstić information content (AvgIpc) is 3.53. The Morgan fingerprint density at radius 2 is 0.443 bits per heavy atom. The van der Waals surface area contributed by atoms with Gasteiger partial charge in [-0.2, -0.15) is 0 Å². The lowest BCUT2D eigenvalue weighted by Gasteiger charge is -2.14. The number of aryl methyl sites for hydroxylation is 3. The van der Waals surface area contributed by atoms with Gasteiger partial charge in [0.25, 0.3) is 0 Å². The van der Waals surface area contributed by atoms with Gasteiger partial charge in [-0.25, -0.2) is 0 Å². The highest BCUT2D eigenvalue weighted by Gasteiger charge is 1.95. The molecule has 0 unspecified atom stereocenters. The first-order valence-corrected chi connectivity index (χ1v) is 40.0. The van der Waals surface area contributed by atoms with Gasteiger partial charge in [0.1, 0.15) is 0 Å². The minimum absolute atomic E-state index is 0.380. The van der Waals surface area contributed by atoms with Crippen LogP contribution in [-0.2, 0) is 4.57 Å². The van der Waals surface area contributed by atoms with Crippen LogP contribution in [0.1, 0.15) is 252 Å². The molecule has 0 aliphatic rings. The molecule has 0 aliphatic carbocycles. The summed E-state index contributed by atoms with van der Waals surface area (Å²) in [5.74, 6) is 0. The number of benzene rings is 3. The molecule has 5 rings (SSSR count). The monoisotopic (exact) mass is 1280 g/mol. The van der Waals surface area contributed by atoms with Crippen molar-refractivity contribution in [2.24, 2.45) is 5.41 Å². The fourth-order valence-electron chi connectivity index (χ4n) is 2.60. The lowest BCUT2D eigenvalue weighted by molar-refractivity contribution is -0.849. The Balaban J connectivity index is -0.0000000310. The van der Waals surface area contributed by atoms with Crippen LogP contribution in [0.15, 0.2) is 164 Å². The lowest BCUT2D eigenvalue weighted by Crippen LogP contribution is -2.27. The number of hydrogen-bond acceptors (Lipinski definition) is 4. The van der Waals surface area contributed by atoms with Gasteiger partial charge in [0, 0.05) is 24.8 Å². The van der Waals surface area contributed by atoms with Gasteiger partial charge in [-0.1, -0.05) is 347 Å². The molecule has 536 valence electrons. The molecule has 5 aromatic rings. The quantitative estimate of drug-likeness (QED) is 0.0881. The number of nitrogens with zero attached hydrogens (tertiary/aromatic N) is 4. The van der Waals surface area contributed by atoms with Crippen molar-refractivity contribution in [1.29, 1.82) is 0 Å². The fraction of sp³-hybridized carbons (Fsp3) is 0.630. The largest absolute Gasteiger partial charge is 0.333 e. The predicted molar refractivity (Wildman–Crippen MR) is 440 cm³/mol. The topological polar surface area (TPSA) is 46.1 Å². The number of allylic oxidation sites excluding steroid dienone is 1. The van der Waals surface area contributed by atoms with E-state index >= 15 is 0 Å². The summed E-state index contributed by atoms with van der Waals surface area (Å²) >= 11 is 0. The molecule has 0 saturated heterocycles. The molecule has 3 aromatic carbocycles. The zero-order valence-corrected chi connectivity index (χ0v) is 72.5. The third-order valence-electron chi connectivity index (χ3n) is 3.83. The Labute approximate surface area is 567 Å². The predicted octanol–water partition coefficient (Wildman–Crippen LogP) is 29.2. The van der Waals surface area contributed by atoms with Crippen LogP contribution in [0.2, 0.25) is 0 Å². The third kappa shape index (κ3) is 522. The summed E-state index contributed by atoms with van der Waals surface area (Å²) in [5, 5.41) is 0. The number of rotatable bonds is 0. The van der Waals surface area contributed by atoms with E-state index in [4.69, 9.17) is 0 Å². The van der Waals surface area contributed by atoms with Crippen LogP contribution in [-0.4, -0.2) is 109 Å². The first-order chi connectivity index (χ1) is 41.4. The molecule has 2 aromatic heterocycles. The maximum absolute atomic E-state index is 10.2. The minimum atomic E-state index is -1.64. The summed E-state index contributed by atoms with van der Waals surface area (Å²) in [4.78, 5) is 9.57. The molecule has 5 nitrogen and oxygen atoms in total. The first kappa shape index (κ1) is 141. The van der Waals surface area contributed by atoms with E-state index in [0.717, 1.165) is 4.48 Å². The van der Waals surface area contributed by atoms with Crippen LogP contribution in [0.4, 0.5) is 0 Å². The summed E-state index contributed by atoms with van der Waals surface area (Å²) in [6.07, 6.45) is 7.00. The van der Waals surface area contributed by atoms with Crippen LogP contribution in [0.25, 0.3) is 0 Å². The Hall–Kier alpha value is -3.72. The van der Waals surface area contributed by atoms with Crippen LogP contribution >= 0.6 is 15.1 Å². The van der Waals surface area contributed by atoms with E-state index in [9.17, 15) is 4.57 Å². The van der Waals surface area contributed by atoms with Crippen molar-refractivity contribution in [3.05, 3.63) is 181 Å². The highest BCUT2D eigenvalue weighted by Crippen LogP contribution is 2.28. The summed E-state index contributed by atoms with van der Waals surface area (Å²) in [6.45, 7) is 90.5. The fourth-order valence-corrected chi connectivity index (χ4v) is 2.60. The van der Waals surface area contributed by atoms with E-state index < -0.39 is 7.14 Å². The molecule has 0 saturated carbocycles. The van der Waals surface area contributed by atoms with Gasteiger partial charge in [-0.3, -0.25) is 9.97 Å². The molecule has 7 heteroatoms. The van der Waals surface area contributed by atoms with Crippen molar-refractivity contribution in [2.45, 2.75) is 256 Å². The van der Waals surface area contributed by atoms with E-state index in [1.807, 2.05) is 343 Å². The highest BCUT2D eigenvalue weighted by molar-refractivity contribution is 7.61. The Morgan fingerprint density at radius 1 is 0.375 bits per heavy atom. The number of aromatic nitrogens is 2. The third-order valence-corrected chi connectivity index (χ3v) is 3.83. The maximum atomic E-state index is 10.2. The Kier molecular flexibility index (Phi) is 258. The van der Waals surface area contributed by atoms with Gasteiger partial charge in [-0.05, 0) is 125 Å². The summed E-state index contributed by atoms with van der Waals surface area (Å²) < 4.78 is 11.2. The molecule has 2 heterocycles. The SMILES string of the molecule is C=C(C)C.CC.CC.CC.CC.CC.CC.CC.CC.CC.CC.CC.CC.CC.CC.CC(C)(C)C.CN(C)C.CP(C)(C)=O.CP(C)C.C[N+](C)(C)C.Cc1cc(C)cc(C)c1.c1ccccc1.c1ccccc1.c1ccncc1.c1ccncc1. The average molecular weight is 1290 g/mol. The minimum Gasteiger partial charge on any atom is -0.333 e. The van der Waals surface area contributed by atoms with Gasteiger partial charge in [-0.15, -0.1) is 14.5 Å². The van der Waals surface area contributed by atoms with E-state index in [-0.39, 0.29) is 0 Å².